The zero-order chi connectivity index (χ0) is 70.5. The lowest BCUT2D eigenvalue weighted by molar-refractivity contribution is -0.130. The van der Waals surface area contributed by atoms with Gasteiger partial charge in [0.25, 0.3) is 0 Å². The van der Waals surface area contributed by atoms with Crippen LogP contribution >= 0.6 is 0 Å². The van der Waals surface area contributed by atoms with Crippen LogP contribution in [0.1, 0.15) is 23.6 Å². The van der Waals surface area contributed by atoms with Crippen molar-refractivity contribution < 1.29 is 33.3 Å². The molecule has 13 rings (SSSR count). The lowest BCUT2D eigenvalue weighted by atomic mass is 10.0. The lowest BCUT2D eigenvalue weighted by Crippen LogP contribution is -2.09. The van der Waals surface area contributed by atoms with Crippen LogP contribution in [0.2, 0.25) is 0 Å². The maximum atomic E-state index is 11.7. The van der Waals surface area contributed by atoms with Crippen LogP contribution < -0.4 is 33.6 Å². The Labute approximate surface area is 591 Å². The molecule has 0 radical (unpaired) electrons. The number of carbonyl (C=O) groups is 3. The molecule has 0 amide bonds. The van der Waals surface area contributed by atoms with E-state index in [1.54, 1.807) is 43.3 Å². The minimum atomic E-state index is -0.474. The van der Waals surface area contributed by atoms with E-state index < -0.39 is 17.9 Å². The van der Waals surface area contributed by atoms with Crippen LogP contribution in [0.4, 0.5) is 51.2 Å². The molecule has 0 bridgehead atoms. The predicted octanol–water partition coefficient (Wildman–Crippen LogP) is 23.9. The van der Waals surface area contributed by atoms with Crippen LogP contribution in [0.25, 0.3) is 33.4 Å². The summed E-state index contributed by atoms with van der Waals surface area (Å²) in [4.78, 5) is 41.2. The van der Waals surface area contributed by atoms with Crippen LogP contribution in [-0.2, 0) is 14.4 Å². The van der Waals surface area contributed by atoms with Gasteiger partial charge in [0.05, 0.1) is 0 Å². The number of rotatable bonds is 20. The van der Waals surface area contributed by atoms with Gasteiger partial charge < -0.3 is 33.6 Å². The number of aryl methyl sites for hydroxylation is 3. The van der Waals surface area contributed by atoms with E-state index in [1.165, 1.54) is 16.7 Å². The number of anilines is 9. The standard InChI is InChI=1S/C34H27NO3.C29H25NO2.C28H23NO2/c1-3-34(36)38-33-21-13-27(14-22-33)26-11-17-29(18-12-26)35(28-15-9-25(2)10-16-28)30-19-23-32(24-20-30)37-31-7-5-4-6-8-31;1-21(2)29(31)32-28-19-13-24(14-20-28)23-11-17-27(18-12-23)30(25-7-5-4-6-8-25)26-15-9-22(3)10-16-26;1-3-28(30)31-27-19-13-23(14-20-27)22-11-17-26(18-12-22)29(24-7-5-4-6-8-24)25-15-9-21(2)10-16-25/h3-24H,1H2,2H3;4-20H,1H2,2-3H3;3-20H,1H2,2H3. The van der Waals surface area contributed by atoms with Gasteiger partial charge in [-0.25, -0.2) is 14.4 Å². The molecule has 101 heavy (non-hydrogen) atoms. The normalized spacial score (nSPS) is 10.4. The zero-order valence-corrected chi connectivity index (χ0v) is 56.7. The molecule has 13 aromatic carbocycles. The Morgan fingerprint density at radius 2 is 0.475 bits per heavy atom. The van der Waals surface area contributed by atoms with Crippen molar-refractivity contribution in [3.8, 4) is 62.1 Å². The molecule has 13 aromatic rings. The minimum absolute atomic E-state index is 0.376. The molecule has 0 unspecified atom stereocenters. The molecule has 0 aliphatic carbocycles. The summed E-state index contributed by atoms with van der Waals surface area (Å²) in [6.07, 6.45) is 2.30. The van der Waals surface area contributed by atoms with Crippen molar-refractivity contribution in [3.05, 3.63) is 388 Å². The third-order valence-electron chi connectivity index (χ3n) is 16.2. The number of hydrogen-bond donors (Lipinski definition) is 0. The number of hydrogen-bond acceptors (Lipinski definition) is 10. The third-order valence-corrected chi connectivity index (χ3v) is 16.2. The van der Waals surface area contributed by atoms with Crippen molar-refractivity contribution in [2.24, 2.45) is 0 Å². The van der Waals surface area contributed by atoms with Gasteiger partial charge in [0.2, 0.25) is 0 Å². The number of nitrogens with zero attached hydrogens (tertiary/aromatic N) is 3. The first-order valence-corrected chi connectivity index (χ1v) is 33.0. The quantitative estimate of drug-likeness (QED) is 0.0417. The molecular weight excluding hydrogens is 1250 g/mol. The van der Waals surface area contributed by atoms with Crippen molar-refractivity contribution in [3.63, 3.8) is 0 Å². The molecule has 0 aliphatic heterocycles. The smallest absolute Gasteiger partial charge is 0.338 e. The first kappa shape index (κ1) is 69.1. The summed E-state index contributed by atoms with van der Waals surface area (Å²) in [6.45, 7) is 18.4. The van der Waals surface area contributed by atoms with Crippen molar-refractivity contribution in [1.82, 2.24) is 0 Å². The van der Waals surface area contributed by atoms with E-state index in [2.05, 4.69) is 237 Å². The van der Waals surface area contributed by atoms with Gasteiger partial charge in [-0.05, 0) is 231 Å². The second-order valence-electron chi connectivity index (χ2n) is 23.7. The van der Waals surface area contributed by atoms with E-state index in [9.17, 15) is 14.4 Å². The van der Waals surface area contributed by atoms with Crippen LogP contribution in [0.5, 0.6) is 28.7 Å². The van der Waals surface area contributed by atoms with E-state index >= 15 is 0 Å². The van der Waals surface area contributed by atoms with Crippen molar-refractivity contribution >= 4 is 69.1 Å². The van der Waals surface area contributed by atoms with Gasteiger partial charge in [0.15, 0.2) is 0 Å². The average molecular weight is 1320 g/mol. The highest BCUT2D eigenvalue weighted by atomic mass is 16.5. The molecule has 0 saturated heterocycles. The van der Waals surface area contributed by atoms with E-state index in [0.29, 0.717) is 22.8 Å². The van der Waals surface area contributed by atoms with Gasteiger partial charge in [-0.2, -0.15) is 0 Å². The molecule has 0 spiro atoms. The maximum Gasteiger partial charge on any atom is 0.338 e. The fraction of sp³-hybridized carbons (Fsp3) is 0.0440. The monoisotopic (exact) mass is 1320 g/mol. The second kappa shape index (κ2) is 33.6. The topological polar surface area (TPSA) is 97.8 Å². The first-order chi connectivity index (χ1) is 49.2. The van der Waals surface area contributed by atoms with Gasteiger partial charge >= 0.3 is 17.9 Å². The highest BCUT2D eigenvalue weighted by Crippen LogP contribution is 2.40. The molecule has 0 fully saturated rings. The van der Waals surface area contributed by atoms with Crippen LogP contribution in [-0.4, -0.2) is 17.9 Å². The molecule has 10 nitrogen and oxygen atoms in total. The Kier molecular flexibility index (Phi) is 23.0. The van der Waals surface area contributed by atoms with Crippen molar-refractivity contribution in [2.45, 2.75) is 27.7 Å². The molecule has 0 aromatic heterocycles. The van der Waals surface area contributed by atoms with Gasteiger partial charge in [-0.1, -0.05) is 200 Å². The first-order valence-electron chi connectivity index (χ1n) is 33.0. The van der Waals surface area contributed by atoms with E-state index in [0.717, 1.165) is 108 Å². The summed E-state index contributed by atoms with van der Waals surface area (Å²) in [5.41, 5.74) is 20.1. The molecular formula is C91H75N3O7. The van der Waals surface area contributed by atoms with Crippen LogP contribution in [0.15, 0.2) is 371 Å². The highest BCUT2D eigenvalue weighted by Gasteiger charge is 2.17. The lowest BCUT2D eigenvalue weighted by Gasteiger charge is -2.26. The van der Waals surface area contributed by atoms with Crippen molar-refractivity contribution in [2.75, 3.05) is 14.7 Å². The summed E-state index contributed by atoms with van der Waals surface area (Å²) < 4.78 is 21.6. The number of ether oxygens (including phenoxy) is 4. The highest BCUT2D eigenvalue weighted by molar-refractivity contribution is 5.89. The largest absolute Gasteiger partial charge is 0.457 e. The Morgan fingerprint density at radius 3 is 0.743 bits per heavy atom. The Bertz CT molecular complexity index is 4880. The van der Waals surface area contributed by atoms with Crippen LogP contribution in [0, 0.1) is 20.8 Å². The Balaban J connectivity index is 0.000000154. The number of esters is 3. The molecule has 0 atom stereocenters. The molecule has 10 heteroatoms. The predicted molar refractivity (Wildman–Crippen MR) is 413 cm³/mol. The molecule has 0 aliphatic rings. The summed E-state index contributed by atoms with van der Waals surface area (Å²) in [5.74, 6) is 1.72. The SMILES string of the molecule is C=C(C)C(=O)Oc1ccc(-c2ccc(N(c3ccccc3)c3ccc(C)cc3)cc2)cc1.C=CC(=O)Oc1ccc(-c2ccc(N(c3ccc(C)cc3)c3ccc(Oc4ccccc4)cc3)cc2)cc1.C=CC(=O)Oc1ccc(-c2ccc(N(c3ccccc3)c3ccc(C)cc3)cc2)cc1. The molecule has 0 saturated carbocycles. The van der Waals surface area contributed by atoms with Crippen LogP contribution in [0.3, 0.4) is 0 Å². The minimum Gasteiger partial charge on any atom is -0.457 e. The average Bonchev–Trinajstić information content (AvgIpc) is 0.817. The number of carbonyl (C=O) groups excluding carboxylic acids is 3. The third kappa shape index (κ3) is 18.6. The van der Waals surface area contributed by atoms with E-state index in [1.807, 2.05) is 115 Å². The maximum absolute atomic E-state index is 11.7. The number of benzene rings is 13. The number of para-hydroxylation sites is 3. The van der Waals surface area contributed by atoms with E-state index in [-0.39, 0.29) is 0 Å². The zero-order valence-electron chi connectivity index (χ0n) is 56.7. The van der Waals surface area contributed by atoms with Crippen molar-refractivity contribution in [1.29, 1.82) is 0 Å². The second-order valence-corrected chi connectivity index (χ2v) is 23.7. The van der Waals surface area contributed by atoms with Gasteiger partial charge in [0, 0.05) is 68.9 Å². The summed E-state index contributed by atoms with van der Waals surface area (Å²) >= 11 is 0. The van der Waals surface area contributed by atoms with Gasteiger partial charge in [-0.3, -0.25) is 0 Å². The Morgan fingerprint density at radius 1 is 0.267 bits per heavy atom. The summed E-state index contributed by atoms with van der Waals surface area (Å²) in [7, 11) is 0. The molecule has 496 valence electrons. The van der Waals surface area contributed by atoms with Gasteiger partial charge in [-0.15, -0.1) is 0 Å². The van der Waals surface area contributed by atoms with E-state index in [4.69, 9.17) is 18.9 Å². The summed E-state index contributed by atoms with van der Waals surface area (Å²) in [5, 5.41) is 0. The molecule has 0 N–H and O–H groups in total. The summed E-state index contributed by atoms with van der Waals surface area (Å²) in [6, 6.07) is 112. The fourth-order valence-corrected chi connectivity index (χ4v) is 10.9. The fourth-order valence-electron chi connectivity index (χ4n) is 10.9. The Hall–Kier alpha value is -13.3. The van der Waals surface area contributed by atoms with Gasteiger partial charge in [0.1, 0.15) is 28.7 Å². The molecule has 0 heterocycles.